The molecule has 0 radical (unpaired) electrons. The Kier molecular flexibility index (Phi) is 5.68. The second-order valence-corrected chi connectivity index (χ2v) is 3.54. The number of carbonyl (C=O) groups excluding carboxylic acids is 4. The smallest absolute Gasteiger partial charge is 0.416 e. The number of rotatable bonds is 6. The maximum atomic E-state index is 11.5. The molecule has 1 aliphatic rings. The Morgan fingerprint density at radius 3 is 2.68 bits per heavy atom. The number of hydrogen-bond acceptors (Lipinski definition) is 7. The molecule has 19 heavy (non-hydrogen) atoms. The van der Waals surface area contributed by atoms with E-state index in [-0.39, 0.29) is 25.3 Å². The van der Waals surface area contributed by atoms with Gasteiger partial charge < -0.3 is 14.2 Å². The Balaban J connectivity index is 2.43. The van der Waals surface area contributed by atoms with Crippen molar-refractivity contribution >= 4 is 24.3 Å². The minimum Gasteiger partial charge on any atom is -0.452 e. The van der Waals surface area contributed by atoms with E-state index in [1.807, 2.05) is 0 Å². The molecule has 0 aromatic carbocycles. The first kappa shape index (κ1) is 14.8. The summed E-state index contributed by atoms with van der Waals surface area (Å²) in [6.45, 7) is -0.371. The largest absolute Gasteiger partial charge is 0.452 e. The molecule has 0 atom stereocenters. The van der Waals surface area contributed by atoms with Crippen LogP contribution in [0.1, 0.15) is 0 Å². The van der Waals surface area contributed by atoms with E-state index >= 15 is 0 Å². The molecule has 8 heteroatoms. The van der Waals surface area contributed by atoms with Gasteiger partial charge in [0.25, 0.3) is 5.91 Å². The number of cyclic esters (lactones) is 1. The number of imide groups is 1. The molecular weight excluding hydrogens is 258 g/mol. The van der Waals surface area contributed by atoms with E-state index in [9.17, 15) is 19.2 Å². The van der Waals surface area contributed by atoms with Gasteiger partial charge in [0.2, 0.25) is 0 Å². The van der Waals surface area contributed by atoms with Crippen molar-refractivity contribution in [1.82, 2.24) is 4.90 Å². The van der Waals surface area contributed by atoms with Crippen molar-refractivity contribution < 1.29 is 33.4 Å². The third-order valence-electron chi connectivity index (χ3n) is 2.17. The van der Waals surface area contributed by atoms with Gasteiger partial charge in [-0.2, -0.15) is 0 Å². The summed E-state index contributed by atoms with van der Waals surface area (Å²) in [4.78, 5) is 45.2. The van der Waals surface area contributed by atoms with Crippen LogP contribution in [0.25, 0.3) is 0 Å². The predicted octanol–water partition coefficient (Wildman–Crippen LogP) is -0.720. The fourth-order valence-corrected chi connectivity index (χ4v) is 1.30. The predicted molar refractivity (Wildman–Crippen MR) is 60.0 cm³/mol. The first-order chi connectivity index (χ1) is 9.08. The molecule has 104 valence electrons. The summed E-state index contributed by atoms with van der Waals surface area (Å²) in [7, 11) is 1.37. The van der Waals surface area contributed by atoms with Crippen molar-refractivity contribution in [3.05, 3.63) is 11.6 Å². The first-order valence-electron chi connectivity index (χ1n) is 5.37. The van der Waals surface area contributed by atoms with Crippen LogP contribution in [0.3, 0.4) is 0 Å². The molecule has 1 heterocycles. The average Bonchev–Trinajstić information content (AvgIpc) is 2.81. The van der Waals surface area contributed by atoms with Crippen molar-refractivity contribution in [2.45, 2.75) is 0 Å². The molecule has 1 rings (SSSR count). The van der Waals surface area contributed by atoms with Gasteiger partial charge in [0.15, 0.2) is 6.61 Å². The van der Waals surface area contributed by atoms with Gasteiger partial charge in [0.05, 0.1) is 13.2 Å². The highest BCUT2D eigenvalue weighted by Crippen LogP contribution is 2.03. The number of hydrogen-bond donors (Lipinski definition) is 0. The molecule has 0 aromatic heterocycles. The molecule has 0 saturated carbocycles. The Bertz CT molecular complexity index is 415. The summed E-state index contributed by atoms with van der Waals surface area (Å²) >= 11 is 0. The highest BCUT2D eigenvalue weighted by molar-refractivity contribution is 5.95. The van der Waals surface area contributed by atoms with E-state index in [0.29, 0.717) is 6.29 Å². The van der Waals surface area contributed by atoms with Crippen LogP contribution in [-0.4, -0.2) is 62.6 Å². The van der Waals surface area contributed by atoms with Crippen molar-refractivity contribution in [1.29, 1.82) is 0 Å². The summed E-state index contributed by atoms with van der Waals surface area (Å²) < 4.78 is 13.8. The second-order valence-electron chi connectivity index (χ2n) is 3.54. The second kappa shape index (κ2) is 7.27. The number of methoxy groups -OCH3 is 1. The van der Waals surface area contributed by atoms with Crippen molar-refractivity contribution in [3.63, 3.8) is 0 Å². The molecule has 0 unspecified atom stereocenters. The van der Waals surface area contributed by atoms with Crippen LogP contribution in [-0.2, 0) is 28.6 Å². The van der Waals surface area contributed by atoms with Crippen molar-refractivity contribution in [3.8, 4) is 0 Å². The zero-order valence-electron chi connectivity index (χ0n) is 10.3. The normalized spacial score (nSPS) is 15.1. The monoisotopic (exact) mass is 271 g/mol. The molecule has 2 amide bonds. The molecule has 1 saturated heterocycles. The van der Waals surface area contributed by atoms with Crippen LogP contribution in [0.5, 0.6) is 0 Å². The molecule has 8 nitrogen and oxygen atoms in total. The van der Waals surface area contributed by atoms with Gasteiger partial charge in [0, 0.05) is 18.8 Å². The quantitative estimate of drug-likeness (QED) is 0.357. The van der Waals surface area contributed by atoms with Crippen LogP contribution < -0.4 is 0 Å². The highest BCUT2D eigenvalue weighted by atomic mass is 16.6. The van der Waals surface area contributed by atoms with E-state index in [0.717, 1.165) is 11.0 Å². The third kappa shape index (κ3) is 4.51. The minimum atomic E-state index is -0.861. The lowest BCUT2D eigenvalue weighted by Gasteiger charge is -2.10. The molecular formula is C11H13NO7. The molecule has 1 aliphatic heterocycles. The maximum absolute atomic E-state index is 11.5. The van der Waals surface area contributed by atoms with Crippen LogP contribution >= 0.6 is 0 Å². The molecule has 1 fully saturated rings. The highest BCUT2D eigenvalue weighted by Gasteiger charge is 2.28. The van der Waals surface area contributed by atoms with Crippen molar-refractivity contribution in [2.24, 2.45) is 0 Å². The van der Waals surface area contributed by atoms with E-state index in [2.05, 4.69) is 14.2 Å². The van der Waals surface area contributed by atoms with E-state index in [1.54, 1.807) is 0 Å². The molecule has 0 bridgehead atoms. The Labute approximate surface area is 108 Å². The zero-order valence-corrected chi connectivity index (χ0v) is 10.3. The SMILES string of the molecule is COCC(C=O)=CC(=O)OCC(=O)N1CCOC1=O. The van der Waals surface area contributed by atoms with Crippen LogP contribution in [0, 0.1) is 0 Å². The number of ether oxygens (including phenoxy) is 3. The number of esters is 1. The van der Waals surface area contributed by atoms with Gasteiger partial charge >= 0.3 is 12.1 Å². The average molecular weight is 271 g/mol. The van der Waals surface area contributed by atoms with Gasteiger partial charge in [-0.05, 0) is 0 Å². The van der Waals surface area contributed by atoms with Crippen molar-refractivity contribution in [2.75, 3.05) is 33.5 Å². The lowest BCUT2D eigenvalue weighted by molar-refractivity contribution is -0.146. The Morgan fingerprint density at radius 1 is 1.42 bits per heavy atom. The van der Waals surface area contributed by atoms with Gasteiger partial charge in [0.1, 0.15) is 12.9 Å². The van der Waals surface area contributed by atoms with E-state index < -0.39 is 24.6 Å². The standard InChI is InChI=1S/C11H13NO7/c1-17-6-8(5-13)4-10(15)19-7-9(14)12-2-3-18-11(12)16/h4-5H,2-3,6-7H2,1H3. The Morgan fingerprint density at radius 2 is 2.16 bits per heavy atom. The van der Waals surface area contributed by atoms with Crippen LogP contribution in [0.15, 0.2) is 11.6 Å². The van der Waals surface area contributed by atoms with Gasteiger partial charge in [-0.1, -0.05) is 0 Å². The van der Waals surface area contributed by atoms with Gasteiger partial charge in [-0.15, -0.1) is 0 Å². The fraction of sp³-hybridized carbons (Fsp3) is 0.455. The summed E-state index contributed by atoms with van der Waals surface area (Å²) in [6.07, 6.45) is 0.612. The van der Waals surface area contributed by atoms with E-state index in [4.69, 9.17) is 0 Å². The number of carbonyl (C=O) groups is 4. The summed E-state index contributed by atoms with van der Waals surface area (Å²) in [5.41, 5.74) is 0.0838. The van der Waals surface area contributed by atoms with Crippen LogP contribution in [0.4, 0.5) is 4.79 Å². The first-order valence-corrected chi connectivity index (χ1v) is 5.37. The fourth-order valence-electron chi connectivity index (χ4n) is 1.30. The van der Waals surface area contributed by atoms with E-state index in [1.165, 1.54) is 7.11 Å². The molecule has 0 N–H and O–H groups in total. The Hall–Kier alpha value is -2.22. The lowest BCUT2D eigenvalue weighted by atomic mass is 10.3. The number of amides is 2. The summed E-state index contributed by atoms with van der Waals surface area (Å²) in [5.74, 6) is -1.54. The molecule has 0 aliphatic carbocycles. The lowest BCUT2D eigenvalue weighted by Crippen LogP contribution is -2.35. The summed E-state index contributed by atoms with van der Waals surface area (Å²) in [6, 6.07) is 0. The molecule has 0 aromatic rings. The third-order valence-corrected chi connectivity index (χ3v) is 2.17. The topological polar surface area (TPSA) is 99.2 Å². The van der Waals surface area contributed by atoms with Crippen LogP contribution in [0.2, 0.25) is 0 Å². The van der Waals surface area contributed by atoms with Gasteiger partial charge in [-0.3, -0.25) is 9.59 Å². The number of nitrogens with zero attached hydrogens (tertiary/aromatic N) is 1. The summed E-state index contributed by atoms with van der Waals surface area (Å²) in [5, 5.41) is 0. The molecule has 0 spiro atoms. The van der Waals surface area contributed by atoms with Gasteiger partial charge in [-0.25, -0.2) is 14.5 Å². The zero-order chi connectivity index (χ0) is 14.3. The minimum absolute atomic E-state index is 0.0367. The maximum Gasteiger partial charge on any atom is 0.416 e. The number of aldehydes is 1.